The number of carbonyl (C=O) groups excluding carboxylic acids is 1. The van der Waals surface area contributed by atoms with Crippen LogP contribution in [0.1, 0.15) is 12.5 Å². The minimum Gasteiger partial charge on any atom is -0.330 e. The van der Waals surface area contributed by atoms with Crippen LogP contribution in [0, 0.1) is 5.92 Å². The Morgan fingerprint density at radius 3 is 2.71 bits per heavy atom. The number of anilines is 1. The highest BCUT2D eigenvalue weighted by atomic mass is 16.2. The third-order valence-electron chi connectivity index (χ3n) is 3.23. The van der Waals surface area contributed by atoms with E-state index in [2.05, 4.69) is 6.07 Å². The van der Waals surface area contributed by atoms with Crippen molar-refractivity contribution in [3.8, 4) is 0 Å². The molecule has 0 radical (unpaired) electrons. The molecule has 1 aromatic rings. The van der Waals surface area contributed by atoms with Crippen LogP contribution in [0.2, 0.25) is 0 Å². The number of rotatable bonds is 3. The number of carbonyl (C=O) groups is 1. The summed E-state index contributed by atoms with van der Waals surface area (Å²) in [6.45, 7) is 3.33. The Hall–Kier alpha value is -1.55. The van der Waals surface area contributed by atoms with E-state index in [0.717, 1.165) is 18.7 Å². The van der Waals surface area contributed by atoms with Crippen LogP contribution < -0.4 is 10.7 Å². The summed E-state index contributed by atoms with van der Waals surface area (Å²) in [5.74, 6) is 0.235. The van der Waals surface area contributed by atoms with Crippen LogP contribution in [0.3, 0.4) is 0 Å². The normalized spacial score (nSPS) is 20.2. The van der Waals surface area contributed by atoms with E-state index in [1.165, 1.54) is 5.56 Å². The molecule has 0 bridgehead atoms. The van der Waals surface area contributed by atoms with Crippen molar-refractivity contribution < 1.29 is 4.79 Å². The molecule has 4 heteroatoms. The summed E-state index contributed by atoms with van der Waals surface area (Å²) in [4.78, 5) is 11.8. The SMILES string of the molecule is CC1CN(c2ccccc2CCN)N(C)C1=O. The molecule has 1 fully saturated rings. The van der Waals surface area contributed by atoms with E-state index in [0.29, 0.717) is 6.54 Å². The fraction of sp³-hybridized carbons (Fsp3) is 0.462. The molecule has 2 rings (SSSR count). The monoisotopic (exact) mass is 233 g/mol. The molecule has 1 heterocycles. The van der Waals surface area contributed by atoms with Gasteiger partial charge in [-0.15, -0.1) is 0 Å². The van der Waals surface area contributed by atoms with Gasteiger partial charge in [0.1, 0.15) is 0 Å². The molecule has 0 saturated carbocycles. The van der Waals surface area contributed by atoms with Crippen molar-refractivity contribution in [1.29, 1.82) is 0 Å². The third-order valence-corrected chi connectivity index (χ3v) is 3.23. The van der Waals surface area contributed by atoms with Gasteiger partial charge in [-0.3, -0.25) is 14.8 Å². The Morgan fingerprint density at radius 2 is 2.12 bits per heavy atom. The fourth-order valence-corrected chi connectivity index (χ4v) is 2.29. The number of benzene rings is 1. The number of hydrazine groups is 1. The van der Waals surface area contributed by atoms with Gasteiger partial charge in [-0.2, -0.15) is 0 Å². The van der Waals surface area contributed by atoms with Gasteiger partial charge in [0, 0.05) is 7.05 Å². The molecule has 17 heavy (non-hydrogen) atoms. The summed E-state index contributed by atoms with van der Waals surface area (Å²) < 4.78 is 0. The summed E-state index contributed by atoms with van der Waals surface area (Å²) in [6, 6.07) is 8.13. The van der Waals surface area contributed by atoms with Crippen LogP contribution in [-0.2, 0) is 11.2 Å². The lowest BCUT2D eigenvalue weighted by Crippen LogP contribution is -2.36. The van der Waals surface area contributed by atoms with Crippen LogP contribution >= 0.6 is 0 Å². The van der Waals surface area contributed by atoms with Crippen molar-refractivity contribution >= 4 is 11.6 Å². The van der Waals surface area contributed by atoms with E-state index in [1.54, 1.807) is 5.01 Å². The van der Waals surface area contributed by atoms with Gasteiger partial charge < -0.3 is 5.73 Å². The summed E-state index contributed by atoms with van der Waals surface area (Å²) in [6.07, 6.45) is 0.836. The lowest BCUT2D eigenvalue weighted by Gasteiger charge is -2.28. The Labute approximate surface area is 102 Å². The smallest absolute Gasteiger partial charge is 0.245 e. The second-order valence-corrected chi connectivity index (χ2v) is 4.51. The topological polar surface area (TPSA) is 49.6 Å². The molecule has 1 aromatic carbocycles. The van der Waals surface area contributed by atoms with Crippen molar-refractivity contribution in [3.05, 3.63) is 29.8 Å². The van der Waals surface area contributed by atoms with Crippen LogP contribution in [-0.4, -0.2) is 31.1 Å². The van der Waals surface area contributed by atoms with Crippen molar-refractivity contribution in [1.82, 2.24) is 5.01 Å². The maximum absolute atomic E-state index is 11.8. The molecule has 1 unspecified atom stereocenters. The maximum atomic E-state index is 11.8. The third kappa shape index (κ3) is 2.13. The first-order valence-electron chi connectivity index (χ1n) is 5.98. The van der Waals surface area contributed by atoms with E-state index in [9.17, 15) is 4.79 Å². The summed E-state index contributed by atoms with van der Waals surface area (Å²) in [5.41, 5.74) is 7.91. The van der Waals surface area contributed by atoms with Crippen LogP contribution in [0.25, 0.3) is 0 Å². The summed E-state index contributed by atoms with van der Waals surface area (Å²) >= 11 is 0. The van der Waals surface area contributed by atoms with E-state index in [-0.39, 0.29) is 11.8 Å². The Morgan fingerprint density at radius 1 is 1.41 bits per heavy atom. The minimum atomic E-state index is 0.0610. The Balaban J connectivity index is 2.31. The van der Waals surface area contributed by atoms with Crippen molar-refractivity contribution in [2.75, 3.05) is 25.1 Å². The molecule has 4 nitrogen and oxygen atoms in total. The molecule has 1 aliphatic rings. The highest BCUT2D eigenvalue weighted by Crippen LogP contribution is 2.27. The van der Waals surface area contributed by atoms with Crippen molar-refractivity contribution in [2.45, 2.75) is 13.3 Å². The zero-order valence-corrected chi connectivity index (χ0v) is 10.4. The number of hydrogen-bond donors (Lipinski definition) is 1. The summed E-state index contributed by atoms with van der Waals surface area (Å²) in [7, 11) is 1.82. The van der Waals surface area contributed by atoms with E-state index in [1.807, 2.05) is 37.2 Å². The lowest BCUT2D eigenvalue weighted by molar-refractivity contribution is -0.129. The second kappa shape index (κ2) is 4.75. The van der Waals surface area contributed by atoms with E-state index >= 15 is 0 Å². The van der Waals surface area contributed by atoms with Crippen LogP contribution in [0.5, 0.6) is 0 Å². The van der Waals surface area contributed by atoms with Gasteiger partial charge in [0.05, 0.1) is 18.2 Å². The molecule has 0 spiro atoms. The van der Waals surface area contributed by atoms with Crippen molar-refractivity contribution in [2.24, 2.45) is 11.7 Å². The molecule has 1 saturated heterocycles. The molecular weight excluding hydrogens is 214 g/mol. The standard InChI is InChI=1S/C13H19N3O/c1-10-9-16(15(2)13(10)17)12-6-4-3-5-11(12)7-8-14/h3-6,10H,7-9,14H2,1-2H3. The first-order valence-corrected chi connectivity index (χ1v) is 5.98. The minimum absolute atomic E-state index is 0.0610. The first kappa shape index (κ1) is 11.9. The van der Waals surface area contributed by atoms with Gasteiger partial charge in [-0.1, -0.05) is 25.1 Å². The summed E-state index contributed by atoms with van der Waals surface area (Å²) in [5, 5.41) is 3.75. The Bertz CT molecular complexity index is 419. The van der Waals surface area contributed by atoms with E-state index < -0.39 is 0 Å². The predicted molar refractivity (Wildman–Crippen MR) is 68.5 cm³/mol. The Kier molecular flexibility index (Phi) is 3.33. The highest BCUT2D eigenvalue weighted by molar-refractivity contribution is 5.84. The number of hydrogen-bond acceptors (Lipinski definition) is 3. The highest BCUT2D eigenvalue weighted by Gasteiger charge is 2.33. The zero-order chi connectivity index (χ0) is 12.4. The molecule has 0 aromatic heterocycles. The van der Waals surface area contributed by atoms with E-state index in [4.69, 9.17) is 5.73 Å². The molecule has 0 aliphatic carbocycles. The van der Waals surface area contributed by atoms with Gasteiger partial charge >= 0.3 is 0 Å². The molecule has 1 amide bonds. The number of para-hydroxylation sites is 1. The average molecular weight is 233 g/mol. The molecule has 92 valence electrons. The second-order valence-electron chi connectivity index (χ2n) is 4.51. The predicted octanol–water partition coefficient (Wildman–Crippen LogP) is 1.02. The van der Waals surface area contributed by atoms with Gasteiger partial charge in [0.25, 0.3) is 0 Å². The van der Waals surface area contributed by atoms with Crippen LogP contribution in [0.15, 0.2) is 24.3 Å². The maximum Gasteiger partial charge on any atom is 0.245 e. The van der Waals surface area contributed by atoms with Gasteiger partial charge in [-0.25, -0.2) is 0 Å². The fourth-order valence-electron chi connectivity index (χ4n) is 2.29. The average Bonchev–Trinajstić information content (AvgIpc) is 2.58. The molecular formula is C13H19N3O. The quantitative estimate of drug-likeness (QED) is 0.848. The molecule has 1 atom stereocenters. The molecule has 1 aliphatic heterocycles. The van der Waals surface area contributed by atoms with Crippen molar-refractivity contribution in [3.63, 3.8) is 0 Å². The van der Waals surface area contributed by atoms with Crippen LogP contribution in [0.4, 0.5) is 5.69 Å². The number of amides is 1. The van der Waals surface area contributed by atoms with Gasteiger partial charge in [0.2, 0.25) is 5.91 Å². The lowest BCUT2D eigenvalue weighted by atomic mass is 10.1. The van der Waals surface area contributed by atoms with Gasteiger partial charge in [-0.05, 0) is 24.6 Å². The zero-order valence-electron chi connectivity index (χ0n) is 10.4. The number of nitrogens with zero attached hydrogens (tertiary/aromatic N) is 2. The first-order chi connectivity index (χ1) is 8.15. The largest absolute Gasteiger partial charge is 0.330 e. The van der Waals surface area contributed by atoms with Gasteiger partial charge in [0.15, 0.2) is 0 Å². The number of nitrogens with two attached hydrogens (primary N) is 1. The molecule has 2 N–H and O–H groups in total.